The second-order valence-electron chi connectivity index (χ2n) is 12.5. The van der Waals surface area contributed by atoms with Crippen LogP contribution < -0.4 is 19.5 Å². The van der Waals surface area contributed by atoms with Gasteiger partial charge in [0.1, 0.15) is 29.5 Å². The van der Waals surface area contributed by atoms with Gasteiger partial charge in [0.15, 0.2) is 0 Å². The van der Waals surface area contributed by atoms with Crippen LogP contribution in [0, 0.1) is 26.2 Å². The zero-order valence-corrected chi connectivity index (χ0v) is 26.0. The van der Waals surface area contributed by atoms with Gasteiger partial charge in [-0.15, -0.1) is 0 Å². The highest BCUT2D eigenvalue weighted by molar-refractivity contribution is 8.15. The zero-order valence-electron chi connectivity index (χ0n) is 25.2. The summed E-state index contributed by atoms with van der Waals surface area (Å²) in [4.78, 5) is 47.9. The average molecular weight is 610 g/mol. The van der Waals surface area contributed by atoms with Crippen LogP contribution in [0.4, 0.5) is 4.79 Å². The van der Waals surface area contributed by atoms with Gasteiger partial charge in [-0.05, 0) is 99.6 Å². The third kappa shape index (κ3) is 6.84. The Kier molecular flexibility index (Phi) is 8.79. The molecule has 0 bridgehead atoms. The van der Waals surface area contributed by atoms with Crippen LogP contribution in [0.3, 0.4) is 0 Å². The van der Waals surface area contributed by atoms with Gasteiger partial charge in [-0.2, -0.15) is 0 Å². The lowest BCUT2D eigenvalue weighted by molar-refractivity contribution is -0.142. The van der Waals surface area contributed by atoms with Crippen molar-refractivity contribution in [3.05, 3.63) is 52.1 Å². The fraction of sp³-hybridized carbons (Fsp3) is 0.515. The van der Waals surface area contributed by atoms with E-state index in [4.69, 9.17) is 14.2 Å². The van der Waals surface area contributed by atoms with E-state index in [1.807, 2.05) is 52.0 Å². The first kappa shape index (κ1) is 30.9. The van der Waals surface area contributed by atoms with E-state index in [1.165, 1.54) is 0 Å². The number of thioether (sulfide) groups is 1. The van der Waals surface area contributed by atoms with Crippen molar-refractivity contribution < 1.29 is 38.5 Å². The Morgan fingerprint density at radius 3 is 2.35 bits per heavy atom. The van der Waals surface area contributed by atoms with Crippen LogP contribution >= 0.6 is 11.8 Å². The predicted molar refractivity (Wildman–Crippen MR) is 162 cm³/mol. The minimum Gasteiger partial charge on any atom is -0.489 e. The molecule has 1 aliphatic carbocycles. The number of rotatable bonds is 10. The molecule has 2 unspecified atom stereocenters. The number of carbonyl (C=O) groups is 4. The summed E-state index contributed by atoms with van der Waals surface area (Å²) < 4.78 is 18.7. The van der Waals surface area contributed by atoms with Crippen molar-refractivity contribution in [2.24, 2.45) is 5.41 Å². The summed E-state index contributed by atoms with van der Waals surface area (Å²) in [6.07, 6.45) is 5.34. The van der Waals surface area contributed by atoms with E-state index in [2.05, 4.69) is 5.32 Å². The maximum atomic E-state index is 13.1. The molecule has 2 heterocycles. The lowest BCUT2D eigenvalue weighted by atomic mass is 9.79. The summed E-state index contributed by atoms with van der Waals surface area (Å²) in [5.74, 6) is 0.521. The summed E-state index contributed by atoms with van der Waals surface area (Å²) in [6, 6.07) is 7.53. The van der Waals surface area contributed by atoms with Crippen LogP contribution in [0.5, 0.6) is 17.2 Å². The molecule has 2 amide bonds. The van der Waals surface area contributed by atoms with E-state index in [-0.39, 0.29) is 30.0 Å². The number of esters is 1. The van der Waals surface area contributed by atoms with Gasteiger partial charge in [0.05, 0.1) is 18.1 Å². The maximum absolute atomic E-state index is 13.1. The normalized spacial score (nSPS) is 22.5. The summed E-state index contributed by atoms with van der Waals surface area (Å²) >= 11 is 1.02. The molecular formula is C33H39NO8S. The van der Waals surface area contributed by atoms with E-state index in [1.54, 1.807) is 0 Å². The predicted octanol–water partition coefficient (Wildman–Crippen LogP) is 6.00. The molecule has 2 fully saturated rings. The molecule has 2 aliphatic heterocycles. The highest BCUT2D eigenvalue weighted by Crippen LogP contribution is 2.46. The number of ether oxygens (including phenoxy) is 3. The highest BCUT2D eigenvalue weighted by Gasteiger charge is 2.40. The molecule has 2 aromatic rings. The number of hydrogen-bond donors (Lipinski definition) is 2. The topological polar surface area (TPSA) is 128 Å². The summed E-state index contributed by atoms with van der Waals surface area (Å²) in [5, 5.41) is 11.0. The summed E-state index contributed by atoms with van der Waals surface area (Å²) in [7, 11) is 0. The van der Waals surface area contributed by atoms with Crippen LogP contribution in [-0.2, 0) is 27.2 Å². The lowest BCUT2D eigenvalue weighted by Gasteiger charge is -2.38. The molecule has 2 aromatic carbocycles. The van der Waals surface area contributed by atoms with Gasteiger partial charge in [0, 0.05) is 5.56 Å². The van der Waals surface area contributed by atoms with E-state index in [0.29, 0.717) is 30.9 Å². The number of carboxylic acid groups (broad SMARTS) is 1. The average Bonchev–Trinajstić information content (AvgIpc) is 3.53. The molecule has 2 N–H and O–H groups in total. The molecule has 0 radical (unpaired) electrons. The van der Waals surface area contributed by atoms with Gasteiger partial charge < -0.3 is 19.3 Å². The lowest BCUT2D eigenvalue weighted by Crippen LogP contribution is -2.42. The third-order valence-corrected chi connectivity index (χ3v) is 10.1. The minimum atomic E-state index is -0.874. The van der Waals surface area contributed by atoms with Crippen molar-refractivity contribution in [1.29, 1.82) is 0 Å². The molecule has 5 rings (SSSR count). The monoisotopic (exact) mass is 609 g/mol. The molecule has 10 heteroatoms. The third-order valence-electron chi connectivity index (χ3n) is 9.14. The number of benzene rings is 2. The van der Waals surface area contributed by atoms with Gasteiger partial charge in [0.25, 0.3) is 5.24 Å². The zero-order chi connectivity index (χ0) is 30.9. The number of fused-ring (bicyclic) bond motifs is 1. The maximum Gasteiger partial charge on any atom is 0.311 e. The van der Waals surface area contributed by atoms with E-state index < -0.39 is 22.2 Å². The van der Waals surface area contributed by atoms with Crippen LogP contribution in [-0.4, -0.2) is 45.6 Å². The largest absolute Gasteiger partial charge is 0.489 e. The molecule has 230 valence electrons. The highest BCUT2D eigenvalue weighted by atomic mass is 32.2. The Hall–Kier alpha value is -3.53. The fourth-order valence-electron chi connectivity index (χ4n) is 6.55. The Balaban J connectivity index is 1.23. The standard InChI is InChI=1S/C33H39NO8S/c1-19-20(2)29-24(21(3)28(19)41-27(37)17-33(16-26(35)36)12-5-6-13-33)11-14-32(4,42-29)18-40-23-9-7-22(8-10-23)15-25-30(38)34-31(39)43-25/h7-10,25H,5-6,11-18H2,1-4H3,(H,35,36)(H,34,38,39). The van der Waals surface area contributed by atoms with E-state index in [0.717, 1.165) is 77.4 Å². The quantitative estimate of drug-likeness (QED) is 0.246. The minimum absolute atomic E-state index is 0.0115. The van der Waals surface area contributed by atoms with Crippen molar-refractivity contribution >= 4 is 34.8 Å². The SMILES string of the molecule is Cc1c(C)c2c(c(C)c1OC(=O)CC1(CC(=O)O)CCCC1)CCC(C)(COc1ccc(CC3SC(=O)NC3=O)cc1)O2. The Bertz CT molecular complexity index is 1450. The first-order valence-corrected chi connectivity index (χ1v) is 15.7. The van der Waals surface area contributed by atoms with Crippen molar-refractivity contribution in [3.8, 4) is 17.2 Å². The van der Waals surface area contributed by atoms with Crippen LogP contribution in [0.2, 0.25) is 0 Å². The van der Waals surface area contributed by atoms with Crippen molar-refractivity contribution in [2.75, 3.05) is 6.61 Å². The number of hydrogen-bond acceptors (Lipinski definition) is 8. The van der Waals surface area contributed by atoms with Gasteiger partial charge in [-0.1, -0.05) is 36.7 Å². The first-order valence-electron chi connectivity index (χ1n) is 14.8. The first-order chi connectivity index (χ1) is 20.4. The van der Waals surface area contributed by atoms with E-state index in [9.17, 15) is 24.3 Å². The van der Waals surface area contributed by atoms with Crippen LogP contribution in [0.25, 0.3) is 0 Å². The van der Waals surface area contributed by atoms with Gasteiger partial charge in [0.2, 0.25) is 5.91 Å². The Morgan fingerprint density at radius 2 is 1.72 bits per heavy atom. The van der Waals surface area contributed by atoms with Crippen molar-refractivity contribution in [1.82, 2.24) is 5.32 Å². The number of carbonyl (C=O) groups excluding carboxylic acids is 3. The number of carboxylic acids is 1. The number of aliphatic carboxylic acids is 1. The molecule has 43 heavy (non-hydrogen) atoms. The van der Waals surface area contributed by atoms with Crippen LogP contribution in [0.15, 0.2) is 24.3 Å². The van der Waals surface area contributed by atoms with Gasteiger partial charge in [-0.25, -0.2) is 0 Å². The second kappa shape index (κ2) is 12.2. The smallest absolute Gasteiger partial charge is 0.311 e. The van der Waals surface area contributed by atoms with E-state index >= 15 is 0 Å². The van der Waals surface area contributed by atoms with Gasteiger partial charge >= 0.3 is 11.9 Å². The summed E-state index contributed by atoms with van der Waals surface area (Å²) in [5.41, 5.74) is 3.48. The van der Waals surface area contributed by atoms with Crippen molar-refractivity contribution in [2.45, 2.75) is 96.3 Å². The second-order valence-corrected chi connectivity index (χ2v) is 13.7. The van der Waals surface area contributed by atoms with Crippen LogP contribution in [0.1, 0.15) is 79.7 Å². The molecular weight excluding hydrogens is 570 g/mol. The number of imide groups is 1. The number of nitrogens with one attached hydrogen (secondary N) is 1. The Morgan fingerprint density at radius 1 is 1.02 bits per heavy atom. The molecule has 0 spiro atoms. The summed E-state index contributed by atoms with van der Waals surface area (Å²) in [6.45, 7) is 8.20. The molecule has 1 saturated heterocycles. The molecule has 0 aromatic heterocycles. The molecule has 9 nitrogen and oxygen atoms in total. The van der Waals surface area contributed by atoms with Crippen molar-refractivity contribution in [3.63, 3.8) is 0 Å². The molecule has 2 atom stereocenters. The van der Waals surface area contributed by atoms with Gasteiger partial charge in [-0.3, -0.25) is 24.5 Å². The fourth-order valence-corrected chi connectivity index (χ4v) is 7.41. The molecule has 1 saturated carbocycles. The molecule has 3 aliphatic rings. The Labute approximate surface area is 256 Å². The number of amides is 2.